The standard InChI is InChI=1S/C15H19F3N6O3S/c1-3-19-13-11(15(16,17)18)8-20-14(23-13)22-12-4-5-21-24(12)9-6-10(7-9)27-28(2,25)26/h4-5,8-10H,3,6-7H2,1-2H3,(H2,19,20,22,23). The Morgan fingerprint density at radius 1 is 1.36 bits per heavy atom. The maximum atomic E-state index is 13.0. The van der Waals surface area contributed by atoms with E-state index in [1.54, 1.807) is 17.7 Å². The van der Waals surface area contributed by atoms with Crippen LogP contribution in [0.5, 0.6) is 0 Å². The van der Waals surface area contributed by atoms with E-state index in [-0.39, 0.29) is 24.4 Å². The van der Waals surface area contributed by atoms with Crippen LogP contribution in [-0.2, 0) is 20.5 Å². The molecule has 1 fully saturated rings. The fourth-order valence-corrected chi connectivity index (χ4v) is 3.49. The van der Waals surface area contributed by atoms with Crippen molar-refractivity contribution in [1.29, 1.82) is 0 Å². The van der Waals surface area contributed by atoms with Gasteiger partial charge in [-0.3, -0.25) is 4.18 Å². The molecule has 154 valence electrons. The molecule has 0 radical (unpaired) electrons. The number of hydrogen-bond donors (Lipinski definition) is 2. The topological polar surface area (TPSA) is 111 Å². The molecule has 0 unspecified atom stereocenters. The first-order valence-corrected chi connectivity index (χ1v) is 10.3. The molecular formula is C15H19F3N6O3S. The SMILES string of the molecule is CCNc1nc(Nc2ccnn2C2CC(OS(C)(=O)=O)C2)ncc1C(F)(F)F. The molecule has 0 amide bonds. The van der Waals surface area contributed by atoms with Crippen molar-refractivity contribution in [3.8, 4) is 0 Å². The number of nitrogens with zero attached hydrogens (tertiary/aromatic N) is 4. The summed E-state index contributed by atoms with van der Waals surface area (Å²) < 4.78 is 68.0. The van der Waals surface area contributed by atoms with E-state index < -0.39 is 28.0 Å². The van der Waals surface area contributed by atoms with Crippen molar-refractivity contribution in [3.63, 3.8) is 0 Å². The van der Waals surface area contributed by atoms with Crippen LogP contribution < -0.4 is 10.6 Å². The lowest BCUT2D eigenvalue weighted by atomic mass is 9.90. The van der Waals surface area contributed by atoms with Gasteiger partial charge in [0.1, 0.15) is 17.2 Å². The second-order valence-electron chi connectivity index (χ2n) is 6.32. The van der Waals surface area contributed by atoms with Gasteiger partial charge in [-0.25, -0.2) is 9.67 Å². The number of aromatic nitrogens is 4. The fraction of sp³-hybridized carbons (Fsp3) is 0.533. The van der Waals surface area contributed by atoms with Crippen LogP contribution in [0.25, 0.3) is 0 Å². The quantitative estimate of drug-likeness (QED) is 0.658. The lowest BCUT2D eigenvalue weighted by Crippen LogP contribution is -2.35. The molecule has 9 nitrogen and oxygen atoms in total. The molecule has 0 saturated heterocycles. The smallest absolute Gasteiger partial charge is 0.370 e. The van der Waals surface area contributed by atoms with Gasteiger partial charge in [-0.05, 0) is 19.8 Å². The Morgan fingerprint density at radius 3 is 2.68 bits per heavy atom. The second-order valence-corrected chi connectivity index (χ2v) is 7.92. The van der Waals surface area contributed by atoms with Gasteiger partial charge in [0.05, 0.1) is 24.6 Å². The van der Waals surface area contributed by atoms with Gasteiger partial charge >= 0.3 is 6.18 Å². The van der Waals surface area contributed by atoms with Crippen molar-refractivity contribution < 1.29 is 25.8 Å². The summed E-state index contributed by atoms with van der Waals surface area (Å²) in [6.45, 7) is 1.93. The van der Waals surface area contributed by atoms with E-state index in [4.69, 9.17) is 4.18 Å². The zero-order chi connectivity index (χ0) is 20.5. The summed E-state index contributed by atoms with van der Waals surface area (Å²) in [6, 6.07) is 1.52. The first-order valence-electron chi connectivity index (χ1n) is 8.43. The molecule has 0 aliphatic heterocycles. The second kappa shape index (κ2) is 7.54. The molecular weight excluding hydrogens is 401 g/mol. The summed E-state index contributed by atoms with van der Waals surface area (Å²) in [7, 11) is -3.53. The van der Waals surface area contributed by atoms with E-state index in [2.05, 4.69) is 25.7 Å². The normalized spacial score (nSPS) is 19.9. The van der Waals surface area contributed by atoms with Crippen molar-refractivity contribution >= 4 is 27.7 Å². The van der Waals surface area contributed by atoms with Gasteiger partial charge in [-0.15, -0.1) is 0 Å². The Morgan fingerprint density at radius 2 is 2.07 bits per heavy atom. The minimum absolute atomic E-state index is 0.0195. The number of halogens is 3. The highest BCUT2D eigenvalue weighted by molar-refractivity contribution is 7.86. The Hall–Kier alpha value is -2.41. The summed E-state index contributed by atoms with van der Waals surface area (Å²) in [5.41, 5.74) is -0.951. The molecule has 1 aliphatic carbocycles. The third kappa shape index (κ3) is 4.70. The molecule has 1 aliphatic rings. The molecule has 2 heterocycles. The van der Waals surface area contributed by atoms with Crippen molar-refractivity contribution in [1.82, 2.24) is 19.7 Å². The van der Waals surface area contributed by atoms with Crippen LogP contribution in [0.2, 0.25) is 0 Å². The fourth-order valence-electron chi connectivity index (χ4n) is 2.83. The molecule has 0 spiro atoms. The molecule has 2 N–H and O–H groups in total. The van der Waals surface area contributed by atoms with Crippen LogP contribution in [0.3, 0.4) is 0 Å². The van der Waals surface area contributed by atoms with E-state index in [1.807, 2.05) is 0 Å². The Balaban J connectivity index is 1.74. The molecule has 28 heavy (non-hydrogen) atoms. The van der Waals surface area contributed by atoms with Crippen LogP contribution in [0.1, 0.15) is 31.4 Å². The monoisotopic (exact) mass is 420 g/mol. The largest absolute Gasteiger partial charge is 0.421 e. The molecule has 2 aromatic rings. The van der Waals surface area contributed by atoms with Crippen LogP contribution in [0, 0.1) is 0 Å². The molecule has 0 aromatic carbocycles. The molecule has 3 rings (SSSR count). The minimum atomic E-state index is -4.57. The Kier molecular flexibility index (Phi) is 5.48. The summed E-state index contributed by atoms with van der Waals surface area (Å²) in [5, 5.41) is 9.62. The zero-order valence-corrected chi connectivity index (χ0v) is 15.9. The van der Waals surface area contributed by atoms with Crippen molar-refractivity contribution in [2.45, 2.75) is 38.1 Å². The Bertz CT molecular complexity index is 941. The summed E-state index contributed by atoms with van der Waals surface area (Å²) in [5.74, 6) is 0.141. The lowest BCUT2D eigenvalue weighted by Gasteiger charge is -2.34. The maximum Gasteiger partial charge on any atom is 0.421 e. The number of hydrogen-bond acceptors (Lipinski definition) is 8. The maximum absolute atomic E-state index is 13.0. The molecule has 0 bridgehead atoms. The van der Waals surface area contributed by atoms with Crippen LogP contribution in [0.15, 0.2) is 18.5 Å². The average Bonchev–Trinajstić information content (AvgIpc) is 2.96. The highest BCUT2D eigenvalue weighted by atomic mass is 32.2. The zero-order valence-electron chi connectivity index (χ0n) is 15.1. The number of nitrogens with one attached hydrogen (secondary N) is 2. The molecule has 1 saturated carbocycles. The average molecular weight is 420 g/mol. The first-order chi connectivity index (χ1) is 13.1. The summed E-state index contributed by atoms with van der Waals surface area (Å²) in [6.07, 6.45) is -0.876. The highest BCUT2D eigenvalue weighted by Crippen LogP contribution is 2.37. The Labute approximate surface area is 159 Å². The van der Waals surface area contributed by atoms with Crippen molar-refractivity contribution in [2.75, 3.05) is 23.4 Å². The van der Waals surface area contributed by atoms with Crippen molar-refractivity contribution in [3.05, 3.63) is 24.0 Å². The van der Waals surface area contributed by atoms with Crippen molar-refractivity contribution in [2.24, 2.45) is 0 Å². The summed E-state index contributed by atoms with van der Waals surface area (Å²) in [4.78, 5) is 7.66. The van der Waals surface area contributed by atoms with Crippen LogP contribution >= 0.6 is 0 Å². The molecule has 2 aromatic heterocycles. The highest BCUT2D eigenvalue weighted by Gasteiger charge is 2.36. The van der Waals surface area contributed by atoms with Gasteiger partial charge in [0.15, 0.2) is 0 Å². The third-order valence-electron chi connectivity index (χ3n) is 4.08. The predicted octanol–water partition coefficient (Wildman–Crippen LogP) is 2.55. The molecule has 0 atom stereocenters. The van der Waals surface area contributed by atoms with E-state index in [1.165, 1.54) is 6.20 Å². The first kappa shape index (κ1) is 20.3. The summed E-state index contributed by atoms with van der Waals surface area (Å²) >= 11 is 0. The van der Waals surface area contributed by atoms with Crippen LogP contribution in [-0.4, -0.2) is 47.1 Å². The van der Waals surface area contributed by atoms with E-state index in [0.29, 0.717) is 24.9 Å². The van der Waals surface area contributed by atoms with Crippen LogP contribution in [0.4, 0.5) is 30.8 Å². The lowest BCUT2D eigenvalue weighted by molar-refractivity contribution is -0.137. The van der Waals surface area contributed by atoms with E-state index in [9.17, 15) is 21.6 Å². The van der Waals surface area contributed by atoms with Gasteiger partial charge in [0, 0.05) is 18.8 Å². The van der Waals surface area contributed by atoms with Gasteiger partial charge in [0.2, 0.25) is 5.95 Å². The number of alkyl halides is 3. The third-order valence-corrected chi connectivity index (χ3v) is 4.70. The minimum Gasteiger partial charge on any atom is -0.370 e. The van der Waals surface area contributed by atoms with Gasteiger partial charge < -0.3 is 10.6 Å². The number of rotatable bonds is 7. The van der Waals surface area contributed by atoms with Gasteiger partial charge in [-0.1, -0.05) is 0 Å². The van der Waals surface area contributed by atoms with Gasteiger partial charge in [0.25, 0.3) is 10.1 Å². The number of anilines is 3. The van der Waals surface area contributed by atoms with E-state index in [0.717, 1.165) is 6.26 Å². The van der Waals surface area contributed by atoms with E-state index >= 15 is 0 Å². The molecule has 13 heteroatoms. The predicted molar refractivity (Wildman–Crippen MR) is 94.7 cm³/mol. The van der Waals surface area contributed by atoms with Gasteiger partial charge in [-0.2, -0.15) is 31.7 Å².